The molecule has 3 N–H and O–H groups in total. The van der Waals surface area contributed by atoms with Crippen LogP contribution in [0.3, 0.4) is 0 Å². The molecule has 1 atom stereocenters. The van der Waals surface area contributed by atoms with Gasteiger partial charge in [0.15, 0.2) is 0 Å². The minimum absolute atomic E-state index is 0.0511. The molecule has 154 valence electrons. The summed E-state index contributed by atoms with van der Waals surface area (Å²) in [4.78, 5) is 42.2. The van der Waals surface area contributed by atoms with Crippen LogP contribution in [0.4, 0.5) is 11.4 Å². The van der Waals surface area contributed by atoms with Crippen LogP contribution in [0.5, 0.6) is 5.75 Å². The highest BCUT2D eigenvalue weighted by molar-refractivity contribution is 7.18. The molecule has 4 rings (SSSR count). The van der Waals surface area contributed by atoms with Gasteiger partial charge in [-0.1, -0.05) is 6.07 Å². The molecule has 0 bridgehead atoms. The van der Waals surface area contributed by atoms with Crippen molar-refractivity contribution in [1.82, 2.24) is 4.98 Å². The molecule has 0 spiro atoms. The summed E-state index contributed by atoms with van der Waals surface area (Å²) in [5.74, 6) is -2.33. The van der Waals surface area contributed by atoms with Gasteiger partial charge in [-0.25, -0.2) is 4.98 Å². The fraction of sp³-hybridized carbons (Fsp3) is 0.238. The largest absolute Gasteiger partial charge is 0.506 e. The second-order valence-electron chi connectivity index (χ2n) is 7.20. The Bertz CT molecular complexity index is 1170. The molecular formula is C21H19N3O5S. The molecule has 30 heavy (non-hydrogen) atoms. The van der Waals surface area contributed by atoms with Crippen molar-refractivity contribution in [3.05, 3.63) is 47.0 Å². The van der Waals surface area contributed by atoms with Crippen LogP contribution in [-0.2, 0) is 20.8 Å². The van der Waals surface area contributed by atoms with Crippen molar-refractivity contribution in [3.8, 4) is 5.75 Å². The van der Waals surface area contributed by atoms with Crippen LogP contribution in [0.1, 0.15) is 17.0 Å². The summed E-state index contributed by atoms with van der Waals surface area (Å²) in [5.41, 5.74) is 2.09. The first kappa shape index (κ1) is 19.8. The van der Waals surface area contributed by atoms with E-state index >= 15 is 0 Å². The smallest absolute Gasteiger partial charge is 0.307 e. The fourth-order valence-electron chi connectivity index (χ4n) is 3.53. The van der Waals surface area contributed by atoms with E-state index in [1.165, 1.54) is 18.2 Å². The number of carbonyl (C=O) groups excluding carboxylic acids is 2. The van der Waals surface area contributed by atoms with Gasteiger partial charge in [-0.15, -0.1) is 11.3 Å². The summed E-state index contributed by atoms with van der Waals surface area (Å²) < 4.78 is 1.04. The third-order valence-corrected chi connectivity index (χ3v) is 5.91. The summed E-state index contributed by atoms with van der Waals surface area (Å²) >= 11 is 1.58. The first-order chi connectivity index (χ1) is 14.3. The predicted octanol–water partition coefficient (Wildman–Crippen LogP) is 2.93. The molecule has 1 aliphatic heterocycles. The number of hydrogen-bond acceptors (Lipinski definition) is 6. The number of carboxylic acid groups (broad SMARTS) is 1. The lowest BCUT2D eigenvalue weighted by atomic mass is 10.1. The van der Waals surface area contributed by atoms with Gasteiger partial charge in [-0.2, -0.15) is 0 Å². The van der Waals surface area contributed by atoms with E-state index in [2.05, 4.69) is 10.3 Å². The number of amides is 2. The van der Waals surface area contributed by atoms with Crippen molar-refractivity contribution in [3.63, 3.8) is 0 Å². The van der Waals surface area contributed by atoms with Crippen molar-refractivity contribution < 1.29 is 24.6 Å². The minimum Gasteiger partial charge on any atom is -0.506 e. The average Bonchev–Trinajstić information content (AvgIpc) is 3.25. The number of rotatable bonds is 5. The number of phenolic OH excluding ortho intramolecular Hbond substituents is 1. The number of benzene rings is 2. The highest BCUT2D eigenvalue weighted by Gasteiger charge is 2.35. The zero-order valence-electron chi connectivity index (χ0n) is 16.1. The number of aromatic hydroxyl groups is 1. The van der Waals surface area contributed by atoms with E-state index in [0.717, 1.165) is 15.2 Å². The summed E-state index contributed by atoms with van der Waals surface area (Å²) in [5, 5.41) is 22.5. The molecule has 0 radical (unpaired) electrons. The summed E-state index contributed by atoms with van der Waals surface area (Å²) in [6, 6.07) is 9.86. The molecule has 0 aliphatic carbocycles. The van der Waals surface area contributed by atoms with Gasteiger partial charge in [0.2, 0.25) is 11.8 Å². The highest BCUT2D eigenvalue weighted by Crippen LogP contribution is 2.31. The van der Waals surface area contributed by atoms with E-state index in [9.17, 15) is 19.5 Å². The second kappa shape index (κ2) is 7.75. The number of carboxylic acids is 1. The molecule has 2 heterocycles. The molecule has 9 heteroatoms. The maximum Gasteiger partial charge on any atom is 0.307 e. The Balaban J connectivity index is 1.49. The van der Waals surface area contributed by atoms with Gasteiger partial charge >= 0.3 is 5.97 Å². The van der Waals surface area contributed by atoms with E-state index in [1.54, 1.807) is 16.2 Å². The summed E-state index contributed by atoms with van der Waals surface area (Å²) in [7, 11) is 0. The molecule has 2 aromatic carbocycles. The number of thiazole rings is 1. The Morgan fingerprint density at radius 3 is 2.83 bits per heavy atom. The van der Waals surface area contributed by atoms with Crippen LogP contribution in [0.25, 0.3) is 10.2 Å². The first-order valence-electron chi connectivity index (χ1n) is 9.32. The van der Waals surface area contributed by atoms with E-state index in [4.69, 9.17) is 5.11 Å². The van der Waals surface area contributed by atoms with Crippen molar-refractivity contribution in [2.75, 3.05) is 16.8 Å². The van der Waals surface area contributed by atoms with Gasteiger partial charge in [-0.05, 0) is 42.8 Å². The standard InChI is InChI=1S/C21H19N3O5S/c1-11-22-16-9-14(3-5-18(16)30-11)24-10-13(8-19(24)26)21(29)23-15-6-12(7-20(27)28)2-4-17(15)25/h2-6,9,13,25H,7-8,10H2,1H3,(H,23,29)(H,27,28). The number of nitrogens with one attached hydrogen (secondary N) is 1. The molecule has 8 nitrogen and oxygen atoms in total. The molecule has 1 fully saturated rings. The minimum atomic E-state index is -1.01. The van der Waals surface area contributed by atoms with Gasteiger partial charge in [-0.3, -0.25) is 14.4 Å². The van der Waals surface area contributed by atoms with Crippen LogP contribution < -0.4 is 10.2 Å². The molecule has 1 aliphatic rings. The lowest BCUT2D eigenvalue weighted by Crippen LogP contribution is -2.28. The molecule has 2 amide bonds. The predicted molar refractivity (Wildman–Crippen MR) is 113 cm³/mol. The third kappa shape index (κ3) is 3.97. The average molecular weight is 425 g/mol. The quantitative estimate of drug-likeness (QED) is 0.541. The van der Waals surface area contributed by atoms with E-state index in [-0.39, 0.29) is 36.7 Å². The van der Waals surface area contributed by atoms with Crippen LogP contribution in [0.2, 0.25) is 0 Å². The number of aryl methyl sites for hydroxylation is 1. The van der Waals surface area contributed by atoms with Crippen LogP contribution in [0.15, 0.2) is 36.4 Å². The van der Waals surface area contributed by atoms with Gasteiger partial charge in [0.05, 0.1) is 33.3 Å². The first-order valence-corrected chi connectivity index (χ1v) is 10.1. The molecule has 0 saturated carbocycles. The van der Waals surface area contributed by atoms with Crippen LogP contribution in [-0.4, -0.2) is 39.5 Å². The Hall–Kier alpha value is -3.46. The Kier molecular flexibility index (Phi) is 5.13. The monoisotopic (exact) mass is 425 g/mol. The maximum atomic E-state index is 12.7. The zero-order chi connectivity index (χ0) is 21.4. The third-order valence-electron chi connectivity index (χ3n) is 4.96. The number of hydrogen-bond donors (Lipinski definition) is 3. The molecular weight excluding hydrogens is 406 g/mol. The van der Waals surface area contributed by atoms with E-state index in [1.807, 2.05) is 25.1 Å². The SMILES string of the molecule is Cc1nc2cc(N3CC(C(=O)Nc4cc(CC(=O)O)ccc4O)CC3=O)ccc2s1. The number of phenols is 1. The second-order valence-corrected chi connectivity index (χ2v) is 8.44. The number of carbonyl (C=O) groups is 3. The van der Waals surface area contributed by atoms with Crippen molar-refractivity contribution in [1.29, 1.82) is 0 Å². The van der Waals surface area contributed by atoms with Crippen LogP contribution in [0, 0.1) is 12.8 Å². The molecule has 1 aromatic heterocycles. The molecule has 3 aromatic rings. The van der Waals surface area contributed by atoms with Crippen molar-refractivity contribution in [2.24, 2.45) is 5.92 Å². The van der Waals surface area contributed by atoms with E-state index < -0.39 is 17.8 Å². The van der Waals surface area contributed by atoms with E-state index in [0.29, 0.717) is 11.3 Å². The summed E-state index contributed by atoms with van der Waals surface area (Å²) in [6.07, 6.45) is -0.174. The summed E-state index contributed by atoms with van der Waals surface area (Å²) in [6.45, 7) is 2.14. The molecule has 1 saturated heterocycles. The zero-order valence-corrected chi connectivity index (χ0v) is 16.9. The topological polar surface area (TPSA) is 120 Å². The highest BCUT2D eigenvalue weighted by atomic mass is 32.1. The Labute approximate surface area is 175 Å². The normalized spacial score (nSPS) is 16.2. The molecule has 1 unspecified atom stereocenters. The number of fused-ring (bicyclic) bond motifs is 1. The van der Waals surface area contributed by atoms with Gasteiger partial charge in [0.25, 0.3) is 0 Å². The van der Waals surface area contributed by atoms with Gasteiger partial charge in [0.1, 0.15) is 5.75 Å². The van der Waals surface area contributed by atoms with Gasteiger partial charge in [0, 0.05) is 18.7 Å². The van der Waals surface area contributed by atoms with Crippen molar-refractivity contribution in [2.45, 2.75) is 19.8 Å². The van der Waals surface area contributed by atoms with Crippen molar-refractivity contribution >= 4 is 50.7 Å². The number of aliphatic carboxylic acids is 1. The van der Waals surface area contributed by atoms with Crippen LogP contribution >= 0.6 is 11.3 Å². The lowest BCUT2D eigenvalue weighted by Gasteiger charge is -2.17. The fourth-order valence-corrected chi connectivity index (χ4v) is 4.34. The number of aromatic nitrogens is 1. The maximum absolute atomic E-state index is 12.7. The number of anilines is 2. The number of nitrogens with zero attached hydrogens (tertiary/aromatic N) is 2. The lowest BCUT2D eigenvalue weighted by molar-refractivity contribution is -0.136. The Morgan fingerprint density at radius 1 is 1.27 bits per heavy atom. The van der Waals surface area contributed by atoms with Gasteiger partial charge < -0.3 is 20.4 Å². The Morgan fingerprint density at radius 2 is 2.07 bits per heavy atom.